The Morgan fingerprint density at radius 3 is 2.82 bits per heavy atom. The highest BCUT2D eigenvalue weighted by Gasteiger charge is 2.48. The van der Waals surface area contributed by atoms with Gasteiger partial charge in [-0.25, -0.2) is 15.0 Å². The van der Waals surface area contributed by atoms with Gasteiger partial charge < -0.3 is 15.2 Å². The predicted octanol–water partition coefficient (Wildman–Crippen LogP) is 2.38. The summed E-state index contributed by atoms with van der Waals surface area (Å²) in [6.45, 7) is 2.16. The second-order valence-electron chi connectivity index (χ2n) is 7.60. The van der Waals surface area contributed by atoms with E-state index < -0.39 is 6.10 Å². The van der Waals surface area contributed by atoms with E-state index in [0.717, 1.165) is 12.8 Å². The molecule has 1 aliphatic heterocycles. The van der Waals surface area contributed by atoms with Crippen LogP contribution in [0.25, 0.3) is 11.2 Å². The minimum Gasteiger partial charge on any atom is -0.390 e. The number of carbonyl (C=O) groups is 1. The average Bonchev–Trinajstić information content (AvgIpc) is 3.39. The third-order valence-electron chi connectivity index (χ3n) is 5.87. The van der Waals surface area contributed by atoms with Crippen LogP contribution in [0.2, 0.25) is 0 Å². The lowest BCUT2D eigenvalue weighted by atomic mass is 9.95. The van der Waals surface area contributed by atoms with E-state index in [0.29, 0.717) is 34.4 Å². The van der Waals surface area contributed by atoms with Crippen LogP contribution >= 0.6 is 0 Å². The standard InChI is InChI=1S/C20H21N5O3/c1-11-7-14(26)17-13(11)8-15(28-17)25-10-23-16-18(21-9-22-19(16)25)24-20(27)12-5-3-2-4-6-12/h2-6,9-11,13-15,17,26H,7-8H2,1H3,(H,21,22,24,27)/t11-,13+,14-,15-,17+/m1/s1. The molecule has 5 atom stereocenters. The quantitative estimate of drug-likeness (QED) is 0.724. The highest BCUT2D eigenvalue weighted by molar-refractivity contribution is 6.06. The van der Waals surface area contributed by atoms with E-state index in [-0.39, 0.29) is 18.2 Å². The van der Waals surface area contributed by atoms with Gasteiger partial charge in [0.1, 0.15) is 12.6 Å². The Labute approximate surface area is 161 Å². The van der Waals surface area contributed by atoms with Crippen LogP contribution in [0.4, 0.5) is 5.82 Å². The summed E-state index contributed by atoms with van der Waals surface area (Å²) in [4.78, 5) is 25.4. The summed E-state index contributed by atoms with van der Waals surface area (Å²) in [6.07, 6.45) is 3.88. The first kappa shape index (κ1) is 17.3. The zero-order valence-corrected chi connectivity index (χ0v) is 15.4. The molecular weight excluding hydrogens is 358 g/mol. The van der Waals surface area contributed by atoms with Crippen LogP contribution in [-0.2, 0) is 4.74 Å². The summed E-state index contributed by atoms with van der Waals surface area (Å²) in [5, 5.41) is 13.0. The number of anilines is 1. The minimum absolute atomic E-state index is 0.142. The Hall–Kier alpha value is -2.84. The van der Waals surface area contributed by atoms with Crippen molar-refractivity contribution < 1.29 is 14.6 Å². The predicted molar refractivity (Wildman–Crippen MR) is 102 cm³/mol. The van der Waals surface area contributed by atoms with Crippen molar-refractivity contribution in [2.75, 3.05) is 5.32 Å². The van der Waals surface area contributed by atoms with Gasteiger partial charge in [0.2, 0.25) is 0 Å². The number of aliphatic hydroxyl groups excluding tert-OH is 1. The van der Waals surface area contributed by atoms with Crippen LogP contribution in [0.3, 0.4) is 0 Å². The van der Waals surface area contributed by atoms with Crippen molar-refractivity contribution in [2.24, 2.45) is 11.8 Å². The lowest BCUT2D eigenvalue weighted by Gasteiger charge is -2.17. The lowest BCUT2D eigenvalue weighted by molar-refractivity contribution is -0.0525. The maximum Gasteiger partial charge on any atom is 0.256 e. The largest absolute Gasteiger partial charge is 0.390 e. The number of aromatic nitrogens is 4. The van der Waals surface area contributed by atoms with Crippen LogP contribution in [-0.4, -0.2) is 42.7 Å². The summed E-state index contributed by atoms with van der Waals surface area (Å²) in [7, 11) is 0. The summed E-state index contributed by atoms with van der Waals surface area (Å²) in [5.41, 5.74) is 1.66. The zero-order valence-electron chi connectivity index (χ0n) is 15.4. The van der Waals surface area contributed by atoms with Gasteiger partial charge >= 0.3 is 0 Å². The maximum absolute atomic E-state index is 12.5. The Kier molecular flexibility index (Phi) is 4.10. The van der Waals surface area contributed by atoms with Gasteiger partial charge in [0, 0.05) is 5.56 Å². The highest BCUT2D eigenvalue weighted by atomic mass is 16.5. The number of nitrogens with one attached hydrogen (secondary N) is 1. The minimum atomic E-state index is -0.421. The first-order valence-electron chi connectivity index (χ1n) is 9.49. The molecule has 8 heteroatoms. The smallest absolute Gasteiger partial charge is 0.256 e. The van der Waals surface area contributed by atoms with Crippen molar-refractivity contribution in [1.82, 2.24) is 19.5 Å². The Morgan fingerprint density at radius 2 is 2.04 bits per heavy atom. The molecule has 0 spiro atoms. The fourth-order valence-corrected chi connectivity index (χ4v) is 4.43. The number of carbonyl (C=O) groups excluding carboxylic acids is 1. The molecule has 28 heavy (non-hydrogen) atoms. The normalized spacial score (nSPS) is 29.1. The van der Waals surface area contributed by atoms with Gasteiger partial charge in [0.05, 0.1) is 18.5 Å². The third-order valence-corrected chi connectivity index (χ3v) is 5.87. The molecule has 2 fully saturated rings. The second kappa shape index (κ2) is 6.65. The van der Waals surface area contributed by atoms with Crippen molar-refractivity contribution in [3.63, 3.8) is 0 Å². The van der Waals surface area contributed by atoms with E-state index in [1.165, 1.54) is 6.33 Å². The van der Waals surface area contributed by atoms with Gasteiger partial charge in [0.15, 0.2) is 17.0 Å². The molecule has 1 aromatic carbocycles. The molecule has 0 bridgehead atoms. The molecule has 0 radical (unpaired) electrons. The molecule has 8 nitrogen and oxygen atoms in total. The number of benzene rings is 1. The summed E-state index contributed by atoms with van der Waals surface area (Å²) < 4.78 is 8.00. The molecule has 1 aliphatic carbocycles. The molecule has 3 aromatic rings. The molecule has 1 saturated heterocycles. The SMILES string of the molecule is C[C@@H]1C[C@@H](O)[C@H]2O[C@@H](n3cnc4c(NC(=O)c5ccccc5)ncnc43)C[C@H]21. The molecule has 2 aliphatic rings. The number of imidazole rings is 1. The molecule has 2 aromatic heterocycles. The number of rotatable bonds is 3. The molecule has 144 valence electrons. The number of hydrogen-bond acceptors (Lipinski definition) is 6. The average molecular weight is 379 g/mol. The number of fused-ring (bicyclic) bond motifs is 2. The first-order chi connectivity index (χ1) is 13.6. The van der Waals surface area contributed by atoms with Crippen LogP contribution in [0.5, 0.6) is 0 Å². The highest BCUT2D eigenvalue weighted by Crippen LogP contribution is 2.46. The van der Waals surface area contributed by atoms with Crippen LogP contribution in [0.1, 0.15) is 36.4 Å². The number of aliphatic hydroxyl groups is 1. The van der Waals surface area contributed by atoms with Crippen LogP contribution in [0.15, 0.2) is 43.0 Å². The molecule has 2 N–H and O–H groups in total. The van der Waals surface area contributed by atoms with Gasteiger partial charge in [-0.1, -0.05) is 25.1 Å². The van der Waals surface area contributed by atoms with Crippen LogP contribution < -0.4 is 5.32 Å². The van der Waals surface area contributed by atoms with Crippen LogP contribution in [0, 0.1) is 11.8 Å². The Bertz CT molecular complexity index is 1010. The maximum atomic E-state index is 12.5. The van der Waals surface area contributed by atoms with Crippen molar-refractivity contribution in [3.05, 3.63) is 48.5 Å². The van der Waals surface area contributed by atoms with Gasteiger partial charge in [-0.2, -0.15) is 0 Å². The van der Waals surface area contributed by atoms with Gasteiger partial charge in [-0.3, -0.25) is 9.36 Å². The van der Waals surface area contributed by atoms with E-state index in [1.807, 2.05) is 22.8 Å². The molecule has 1 saturated carbocycles. The molecule has 1 amide bonds. The molecule has 0 unspecified atom stereocenters. The topological polar surface area (TPSA) is 102 Å². The number of hydrogen-bond donors (Lipinski definition) is 2. The fraction of sp³-hybridized carbons (Fsp3) is 0.400. The van der Waals surface area contributed by atoms with E-state index in [1.54, 1.807) is 18.5 Å². The van der Waals surface area contributed by atoms with E-state index in [4.69, 9.17) is 4.74 Å². The Balaban J connectivity index is 1.43. The van der Waals surface area contributed by atoms with Crippen molar-refractivity contribution >= 4 is 22.9 Å². The second-order valence-corrected chi connectivity index (χ2v) is 7.60. The van der Waals surface area contributed by atoms with Crippen molar-refractivity contribution in [2.45, 2.75) is 38.2 Å². The summed E-state index contributed by atoms with van der Waals surface area (Å²) >= 11 is 0. The number of nitrogens with zero attached hydrogens (tertiary/aromatic N) is 4. The number of ether oxygens (including phenoxy) is 1. The molecular formula is C20H21N5O3. The van der Waals surface area contributed by atoms with Crippen molar-refractivity contribution in [3.8, 4) is 0 Å². The monoisotopic (exact) mass is 379 g/mol. The van der Waals surface area contributed by atoms with E-state index in [9.17, 15) is 9.90 Å². The lowest BCUT2D eigenvalue weighted by Crippen LogP contribution is -2.23. The summed E-state index contributed by atoms with van der Waals surface area (Å²) in [5.74, 6) is 0.870. The first-order valence-corrected chi connectivity index (χ1v) is 9.49. The van der Waals surface area contributed by atoms with Gasteiger partial charge in [0.25, 0.3) is 5.91 Å². The van der Waals surface area contributed by atoms with Crippen molar-refractivity contribution in [1.29, 1.82) is 0 Å². The van der Waals surface area contributed by atoms with E-state index >= 15 is 0 Å². The number of amides is 1. The van der Waals surface area contributed by atoms with Gasteiger partial charge in [-0.15, -0.1) is 0 Å². The zero-order chi connectivity index (χ0) is 19.3. The Morgan fingerprint density at radius 1 is 1.21 bits per heavy atom. The summed E-state index contributed by atoms with van der Waals surface area (Å²) in [6, 6.07) is 8.95. The van der Waals surface area contributed by atoms with Gasteiger partial charge in [-0.05, 0) is 36.8 Å². The molecule has 3 heterocycles. The van der Waals surface area contributed by atoms with E-state index in [2.05, 4.69) is 27.2 Å². The fourth-order valence-electron chi connectivity index (χ4n) is 4.43. The third kappa shape index (κ3) is 2.76. The molecule has 5 rings (SSSR count).